The first kappa shape index (κ1) is 72.9. The van der Waals surface area contributed by atoms with Gasteiger partial charge < -0.3 is 19.8 Å². The summed E-state index contributed by atoms with van der Waals surface area (Å²) < 4.78 is 23.7. The third-order valence-corrected chi connectivity index (χ3v) is 14.1. The molecule has 0 rings (SSSR count). The van der Waals surface area contributed by atoms with Gasteiger partial charge in [0.1, 0.15) is 13.2 Å². The lowest BCUT2D eigenvalue weighted by molar-refractivity contribution is -0.870. The Morgan fingerprint density at radius 3 is 1.21 bits per heavy atom. The van der Waals surface area contributed by atoms with E-state index in [0.29, 0.717) is 17.4 Å². The van der Waals surface area contributed by atoms with E-state index in [1.807, 2.05) is 27.2 Å². The molecule has 0 saturated heterocycles. The Balaban J connectivity index is 4.31. The van der Waals surface area contributed by atoms with Crippen molar-refractivity contribution in [3.05, 3.63) is 122 Å². The molecule has 0 spiro atoms. The van der Waals surface area contributed by atoms with Gasteiger partial charge in [-0.15, -0.1) is 0 Å². The van der Waals surface area contributed by atoms with Gasteiger partial charge in [-0.05, 0) is 103 Å². The van der Waals surface area contributed by atoms with E-state index < -0.39 is 20.0 Å². The van der Waals surface area contributed by atoms with Crippen molar-refractivity contribution in [3.8, 4) is 0 Å². The molecule has 9 heteroatoms. The SMILES string of the molecule is CC/C=C\C/C=C\C/C=C\C/C=C\C/C=C\C/C=C\C/C=C\CCCCCCCCCC(=O)NC(COP(=O)(O)OCC[N+](C)(C)C)C(O)/C=C/CC/C=C/CC/C=C/CCCCCCCCCCCCCCCCC. The Hall–Kier alpha value is -3.10. The number of hydrogen-bond donors (Lipinski definition) is 3. The van der Waals surface area contributed by atoms with Crippen LogP contribution >= 0.6 is 7.82 Å². The van der Waals surface area contributed by atoms with Gasteiger partial charge >= 0.3 is 7.82 Å². The number of unbranched alkanes of at least 4 members (excludes halogenated alkanes) is 24. The first-order valence-corrected chi connectivity index (χ1v) is 32.4. The first-order valence-electron chi connectivity index (χ1n) is 30.9. The Morgan fingerprint density at radius 2 is 0.803 bits per heavy atom. The Morgan fingerprint density at radius 1 is 0.461 bits per heavy atom. The second kappa shape index (κ2) is 56.6. The van der Waals surface area contributed by atoms with Crippen molar-refractivity contribution in [3.63, 3.8) is 0 Å². The number of carbonyl (C=O) groups is 1. The zero-order valence-electron chi connectivity index (χ0n) is 49.7. The van der Waals surface area contributed by atoms with Gasteiger partial charge in [-0.2, -0.15) is 0 Å². The van der Waals surface area contributed by atoms with Gasteiger partial charge in [0, 0.05) is 6.42 Å². The molecule has 0 fully saturated rings. The van der Waals surface area contributed by atoms with E-state index >= 15 is 0 Å². The van der Waals surface area contributed by atoms with Gasteiger partial charge in [-0.25, -0.2) is 4.57 Å². The van der Waals surface area contributed by atoms with E-state index in [0.717, 1.165) is 103 Å². The number of phosphoric acid groups is 1. The van der Waals surface area contributed by atoms with E-state index in [1.54, 1.807) is 6.08 Å². The van der Waals surface area contributed by atoms with Gasteiger partial charge in [0.2, 0.25) is 5.91 Å². The van der Waals surface area contributed by atoms with Crippen molar-refractivity contribution in [2.75, 3.05) is 40.9 Å². The zero-order valence-corrected chi connectivity index (χ0v) is 50.6. The van der Waals surface area contributed by atoms with E-state index in [2.05, 4.69) is 129 Å². The molecule has 0 aromatic rings. The molecule has 0 radical (unpaired) electrons. The molecule has 436 valence electrons. The molecule has 0 bridgehead atoms. The molecule has 0 aromatic heterocycles. The quantitative estimate of drug-likeness (QED) is 0.0243. The molecular weight excluding hydrogens is 960 g/mol. The molecule has 76 heavy (non-hydrogen) atoms. The summed E-state index contributed by atoms with van der Waals surface area (Å²) in [7, 11) is 1.52. The molecule has 3 atom stereocenters. The minimum Gasteiger partial charge on any atom is -0.387 e. The number of carbonyl (C=O) groups excluding carboxylic acids is 1. The predicted molar refractivity (Wildman–Crippen MR) is 332 cm³/mol. The highest BCUT2D eigenvalue weighted by molar-refractivity contribution is 7.47. The minimum atomic E-state index is -4.37. The summed E-state index contributed by atoms with van der Waals surface area (Å²) in [4.78, 5) is 23.3. The average Bonchev–Trinajstić information content (AvgIpc) is 3.38. The monoisotopic (exact) mass is 1080 g/mol. The van der Waals surface area contributed by atoms with Crippen LogP contribution in [0.5, 0.6) is 0 Å². The number of quaternary nitrogens is 1. The maximum atomic E-state index is 13.0. The second-order valence-electron chi connectivity index (χ2n) is 21.7. The van der Waals surface area contributed by atoms with Crippen LogP contribution in [0.4, 0.5) is 0 Å². The highest BCUT2D eigenvalue weighted by atomic mass is 31.2. The summed E-state index contributed by atoms with van der Waals surface area (Å²) in [5.74, 6) is -0.206. The summed E-state index contributed by atoms with van der Waals surface area (Å²) in [6.45, 7) is 4.67. The average molecular weight is 1080 g/mol. The maximum Gasteiger partial charge on any atom is 0.472 e. The van der Waals surface area contributed by atoms with Crippen LogP contribution in [0, 0.1) is 0 Å². The van der Waals surface area contributed by atoms with Crippen molar-refractivity contribution in [1.82, 2.24) is 5.32 Å². The molecule has 0 saturated carbocycles. The lowest BCUT2D eigenvalue weighted by atomic mass is 10.0. The molecular formula is C67H118N2O6P+. The first-order chi connectivity index (χ1) is 37.0. The number of likely N-dealkylation sites (N-methyl/N-ethyl adjacent to an activating group) is 1. The van der Waals surface area contributed by atoms with Gasteiger partial charge in [0.05, 0.1) is 39.9 Å². The van der Waals surface area contributed by atoms with Crippen LogP contribution in [-0.4, -0.2) is 73.4 Å². The van der Waals surface area contributed by atoms with E-state index in [9.17, 15) is 19.4 Å². The lowest BCUT2D eigenvalue weighted by Gasteiger charge is -2.25. The van der Waals surface area contributed by atoms with Gasteiger partial charge in [0.15, 0.2) is 0 Å². The fraction of sp³-hybridized carbons (Fsp3) is 0.687. The van der Waals surface area contributed by atoms with Crippen LogP contribution in [0.1, 0.15) is 245 Å². The topological polar surface area (TPSA) is 105 Å². The lowest BCUT2D eigenvalue weighted by Crippen LogP contribution is -2.45. The van der Waals surface area contributed by atoms with Crippen LogP contribution in [0.15, 0.2) is 122 Å². The van der Waals surface area contributed by atoms with E-state index in [4.69, 9.17) is 9.05 Å². The largest absolute Gasteiger partial charge is 0.472 e. The van der Waals surface area contributed by atoms with Crippen LogP contribution in [0.3, 0.4) is 0 Å². The smallest absolute Gasteiger partial charge is 0.387 e. The molecule has 3 N–H and O–H groups in total. The van der Waals surface area contributed by atoms with Crippen molar-refractivity contribution >= 4 is 13.7 Å². The number of aliphatic hydroxyl groups is 1. The van der Waals surface area contributed by atoms with Crippen molar-refractivity contribution in [2.45, 2.75) is 257 Å². The fourth-order valence-corrected chi connectivity index (χ4v) is 9.08. The summed E-state index contributed by atoms with van der Waals surface area (Å²) >= 11 is 0. The standard InChI is InChI=1S/C67H117N2O6P/c1-6-8-10-12-14-16-18-20-22-24-26-28-30-32-33-34-35-37-39-41-43-45-47-49-51-53-55-57-59-61-67(71)68-65(64-75-76(72,73)74-63-62-69(3,4)5)66(70)60-58-56-54-52-50-48-46-44-42-40-38-36-31-29-27-25-23-21-19-17-15-13-11-9-7-2/h8,10,14,16,20,22,26,28,32-33,35,37,41-44,50,52,58,60,65-66,70H,6-7,9,11-13,15,17-19,21,23-25,27,29-31,34,36,38-40,45-49,51,53-57,59,61-64H2,1-5H3,(H-,68,71,72,73)/p+1/b10-8-,16-14-,22-20-,28-26-,33-32-,37-35-,43-41-,44-42+,52-50+,60-58+. The highest BCUT2D eigenvalue weighted by Crippen LogP contribution is 2.43. The van der Waals surface area contributed by atoms with Crippen LogP contribution in [0.2, 0.25) is 0 Å². The van der Waals surface area contributed by atoms with Crippen LogP contribution in [-0.2, 0) is 18.4 Å². The number of rotatable bonds is 55. The molecule has 0 heterocycles. The Labute approximate surface area is 469 Å². The molecule has 1 amide bonds. The fourth-order valence-electron chi connectivity index (χ4n) is 8.35. The summed E-state index contributed by atoms with van der Waals surface area (Å²) in [6.07, 6.45) is 84.6. The number of amides is 1. The molecule has 0 aliphatic heterocycles. The highest BCUT2D eigenvalue weighted by Gasteiger charge is 2.27. The van der Waals surface area contributed by atoms with E-state index in [-0.39, 0.29) is 19.1 Å². The summed E-state index contributed by atoms with van der Waals surface area (Å²) in [6, 6.07) is -0.886. The molecule has 0 aliphatic carbocycles. The minimum absolute atomic E-state index is 0.0445. The Kier molecular flexibility index (Phi) is 54.3. The number of allylic oxidation sites excluding steroid dienone is 19. The third-order valence-electron chi connectivity index (χ3n) is 13.1. The summed E-state index contributed by atoms with van der Waals surface area (Å²) in [5.41, 5.74) is 0. The van der Waals surface area contributed by atoms with Crippen LogP contribution in [0.25, 0.3) is 0 Å². The zero-order chi connectivity index (χ0) is 55.6. The van der Waals surface area contributed by atoms with Gasteiger partial charge in [0.25, 0.3) is 0 Å². The van der Waals surface area contributed by atoms with Gasteiger partial charge in [-0.3, -0.25) is 13.8 Å². The predicted octanol–water partition coefficient (Wildman–Crippen LogP) is 19.3. The third kappa shape index (κ3) is 58.6. The van der Waals surface area contributed by atoms with Gasteiger partial charge in [-0.1, -0.05) is 257 Å². The van der Waals surface area contributed by atoms with Crippen molar-refractivity contribution in [2.24, 2.45) is 0 Å². The molecule has 8 nitrogen and oxygen atoms in total. The van der Waals surface area contributed by atoms with Crippen molar-refractivity contribution in [1.29, 1.82) is 0 Å². The Bertz CT molecular complexity index is 1650. The molecule has 0 aliphatic rings. The summed E-state index contributed by atoms with van der Waals surface area (Å²) in [5, 5.41) is 13.9. The maximum absolute atomic E-state index is 13.0. The number of hydrogen-bond acceptors (Lipinski definition) is 5. The molecule has 0 aromatic carbocycles. The normalized spacial score (nSPS) is 14.7. The van der Waals surface area contributed by atoms with E-state index in [1.165, 1.54) is 122 Å². The van der Waals surface area contributed by atoms with Crippen molar-refractivity contribution < 1.29 is 32.9 Å². The van der Waals surface area contributed by atoms with Crippen LogP contribution < -0.4 is 5.32 Å². The number of aliphatic hydroxyl groups excluding tert-OH is 1. The number of phosphoric ester groups is 1. The number of nitrogens with zero attached hydrogens (tertiary/aromatic N) is 1. The molecule has 3 unspecified atom stereocenters. The number of nitrogens with one attached hydrogen (secondary N) is 1. The second-order valence-corrected chi connectivity index (χ2v) is 23.1.